The smallest absolute Gasteiger partial charge is 0.450 e. The van der Waals surface area contributed by atoms with Crippen LogP contribution < -0.4 is 0 Å². The number of nitrogens with zero attached hydrogens (tertiary/aromatic N) is 1. The molecule has 0 aliphatic rings. The van der Waals surface area contributed by atoms with Crippen LogP contribution in [0.25, 0.3) is 0 Å². The molecule has 0 atom stereocenters. The average Bonchev–Trinajstić information content (AvgIpc) is 1.58. The molecule has 6 heteroatoms. The highest BCUT2D eigenvalue weighted by Gasteiger charge is 2.09. The Kier molecular flexibility index (Phi) is 6.13. The zero-order valence-corrected chi connectivity index (χ0v) is 6.57. The van der Waals surface area contributed by atoms with Crippen LogP contribution in [0.5, 0.6) is 0 Å². The molecule has 0 unspecified atom stereocenters. The van der Waals surface area contributed by atoms with Crippen LogP contribution in [0.2, 0.25) is 0 Å². The maximum absolute atomic E-state index is 9.35. The maximum Gasteiger partial charge on any atom is 0.503 e. The third-order valence-electron chi connectivity index (χ3n) is 0.311. The molecule has 0 aliphatic carbocycles. The fourth-order valence-electron chi connectivity index (χ4n) is 0.112. The molecular formula is C5H11NO5. The summed E-state index contributed by atoms with van der Waals surface area (Å²) in [6, 6.07) is 0. The number of carboxylic acid groups (broad SMARTS) is 2. The van der Waals surface area contributed by atoms with Crippen molar-refractivity contribution in [2.24, 2.45) is 5.34 Å². The van der Waals surface area contributed by atoms with Gasteiger partial charge in [0.15, 0.2) is 5.34 Å². The maximum atomic E-state index is 9.35. The summed E-state index contributed by atoms with van der Waals surface area (Å²) >= 11 is 0. The zero-order valence-electron chi connectivity index (χ0n) is 6.57. The van der Waals surface area contributed by atoms with Crippen molar-refractivity contribution in [1.29, 1.82) is 0 Å². The Morgan fingerprint density at radius 1 is 1.36 bits per heavy atom. The van der Waals surface area contributed by atoms with Crippen LogP contribution >= 0.6 is 0 Å². The first-order valence-corrected chi connectivity index (χ1v) is 2.72. The topological polar surface area (TPSA) is 96.2 Å². The van der Waals surface area contributed by atoms with Crippen molar-refractivity contribution in [3.8, 4) is 0 Å². The highest BCUT2D eigenvalue weighted by molar-refractivity contribution is 5.53. The molecule has 6 nitrogen and oxygen atoms in total. The van der Waals surface area contributed by atoms with Crippen LogP contribution in [0, 0.1) is 4.91 Å². The van der Waals surface area contributed by atoms with Crippen molar-refractivity contribution in [1.82, 2.24) is 0 Å². The summed E-state index contributed by atoms with van der Waals surface area (Å²) < 4.78 is 0. The van der Waals surface area contributed by atoms with Gasteiger partial charge in [-0.1, -0.05) is 0 Å². The lowest BCUT2D eigenvalue weighted by molar-refractivity contribution is -0.00230. The third-order valence-corrected chi connectivity index (χ3v) is 0.311. The minimum absolute atomic E-state index is 0.429. The van der Waals surface area contributed by atoms with Gasteiger partial charge in [0.25, 0.3) is 0 Å². The van der Waals surface area contributed by atoms with E-state index in [1.807, 2.05) is 0 Å². The Hall–Kier alpha value is -1.33. The molecule has 0 rings (SSSR count). The molecule has 0 fully saturated rings. The molecule has 66 valence electrons. The Bertz CT molecular complexity index is 123. The molecule has 0 saturated heterocycles. The van der Waals surface area contributed by atoms with Crippen molar-refractivity contribution in [2.75, 3.05) is 0 Å². The predicted molar refractivity (Wildman–Crippen MR) is 37.3 cm³/mol. The van der Waals surface area contributed by atoms with Crippen LogP contribution in [-0.4, -0.2) is 22.0 Å². The predicted octanol–water partition coefficient (Wildman–Crippen LogP) is 1.71. The average molecular weight is 165 g/mol. The van der Waals surface area contributed by atoms with Crippen molar-refractivity contribution >= 4 is 6.16 Å². The summed E-state index contributed by atoms with van der Waals surface area (Å²) in [5, 5.41) is 16.2. The van der Waals surface area contributed by atoms with Gasteiger partial charge in [0.05, 0.1) is 0 Å². The Balaban J connectivity index is 0. The molecule has 0 amide bonds. The van der Waals surface area contributed by atoms with E-state index in [2.05, 4.69) is 10.2 Å². The van der Waals surface area contributed by atoms with Crippen LogP contribution in [0.4, 0.5) is 4.79 Å². The highest BCUT2D eigenvalue weighted by atomic mass is 16.7. The minimum atomic E-state index is -1.83. The van der Waals surface area contributed by atoms with E-state index in [4.69, 9.17) is 15.0 Å². The van der Waals surface area contributed by atoms with Crippen LogP contribution in [0.3, 0.4) is 0 Å². The van der Waals surface area contributed by atoms with Crippen molar-refractivity contribution in [2.45, 2.75) is 26.4 Å². The first-order valence-electron chi connectivity index (χ1n) is 2.72. The molecule has 0 spiro atoms. The van der Waals surface area contributed by atoms with E-state index in [1.54, 1.807) is 20.8 Å². The molecule has 0 aromatic heterocycles. The van der Waals surface area contributed by atoms with E-state index in [1.165, 1.54) is 0 Å². The quantitative estimate of drug-likeness (QED) is 0.455. The second-order valence-corrected chi connectivity index (χ2v) is 2.56. The van der Waals surface area contributed by atoms with E-state index in [-0.39, 0.29) is 0 Å². The Labute approximate surface area is 63.7 Å². The zero-order chi connectivity index (χ0) is 9.49. The molecule has 0 heterocycles. The summed E-state index contributed by atoms with van der Waals surface area (Å²) in [4.78, 5) is 22.2. The fourth-order valence-corrected chi connectivity index (χ4v) is 0.112. The number of carbonyl (C=O) groups is 1. The Morgan fingerprint density at radius 2 is 1.64 bits per heavy atom. The van der Waals surface area contributed by atoms with Gasteiger partial charge in [-0.15, -0.1) is 4.91 Å². The summed E-state index contributed by atoms with van der Waals surface area (Å²) in [7, 11) is 0. The van der Waals surface area contributed by atoms with Gasteiger partial charge in [-0.05, 0) is 20.8 Å². The monoisotopic (exact) mass is 165 g/mol. The first-order chi connectivity index (χ1) is 4.79. The molecule has 0 saturated carbocycles. The number of rotatable bonds is 1. The van der Waals surface area contributed by atoms with Crippen LogP contribution in [0.15, 0.2) is 5.34 Å². The van der Waals surface area contributed by atoms with Gasteiger partial charge in [0.2, 0.25) is 0 Å². The first kappa shape index (κ1) is 12.4. The van der Waals surface area contributed by atoms with E-state index in [0.29, 0.717) is 0 Å². The van der Waals surface area contributed by atoms with Gasteiger partial charge in [-0.3, -0.25) is 0 Å². The van der Waals surface area contributed by atoms with Crippen molar-refractivity contribution in [3.63, 3.8) is 0 Å². The lowest BCUT2D eigenvalue weighted by Gasteiger charge is -2.11. The van der Waals surface area contributed by atoms with Crippen LogP contribution in [-0.2, 0) is 4.84 Å². The second-order valence-electron chi connectivity index (χ2n) is 2.56. The standard InChI is InChI=1S/C4H9NO2.CH2O3/c1-4(2,3)7-5-6;2-1(3)4/h1-3H3;(H2,2,3,4). The van der Waals surface area contributed by atoms with E-state index >= 15 is 0 Å². The largest absolute Gasteiger partial charge is 0.503 e. The number of hydrogen-bond donors (Lipinski definition) is 2. The van der Waals surface area contributed by atoms with E-state index in [0.717, 1.165) is 0 Å². The normalized spacial score (nSPS) is 9.00. The van der Waals surface area contributed by atoms with Gasteiger partial charge in [-0.2, -0.15) is 0 Å². The molecule has 2 N–H and O–H groups in total. The second kappa shape index (κ2) is 5.45. The molecule has 0 aliphatic heterocycles. The van der Waals surface area contributed by atoms with Gasteiger partial charge >= 0.3 is 6.16 Å². The van der Waals surface area contributed by atoms with E-state index < -0.39 is 11.8 Å². The Morgan fingerprint density at radius 3 is 1.64 bits per heavy atom. The van der Waals surface area contributed by atoms with Gasteiger partial charge in [0.1, 0.15) is 5.60 Å². The van der Waals surface area contributed by atoms with Gasteiger partial charge in [0, 0.05) is 0 Å². The minimum Gasteiger partial charge on any atom is -0.450 e. The van der Waals surface area contributed by atoms with Gasteiger partial charge in [-0.25, -0.2) is 4.79 Å². The van der Waals surface area contributed by atoms with Crippen molar-refractivity contribution in [3.05, 3.63) is 4.91 Å². The molecule has 0 bridgehead atoms. The molecule has 11 heavy (non-hydrogen) atoms. The summed E-state index contributed by atoms with van der Waals surface area (Å²) in [6.07, 6.45) is -1.83. The van der Waals surface area contributed by atoms with E-state index in [9.17, 15) is 4.91 Å². The summed E-state index contributed by atoms with van der Waals surface area (Å²) in [5.74, 6) is 0. The molecule has 0 radical (unpaired) electrons. The summed E-state index contributed by atoms with van der Waals surface area (Å²) in [5.41, 5.74) is -0.429. The molecule has 0 aromatic carbocycles. The van der Waals surface area contributed by atoms with Crippen molar-refractivity contribution < 1.29 is 19.8 Å². The third kappa shape index (κ3) is 54.1. The molecular weight excluding hydrogens is 154 g/mol. The lowest BCUT2D eigenvalue weighted by Crippen LogP contribution is -2.14. The fraction of sp³-hybridized carbons (Fsp3) is 0.800. The van der Waals surface area contributed by atoms with Crippen LogP contribution in [0.1, 0.15) is 20.8 Å². The molecule has 0 aromatic rings. The lowest BCUT2D eigenvalue weighted by atomic mass is 10.2. The number of hydrogen-bond acceptors (Lipinski definition) is 4. The summed E-state index contributed by atoms with van der Waals surface area (Å²) in [6.45, 7) is 5.28. The highest BCUT2D eigenvalue weighted by Crippen LogP contribution is 2.05. The SMILES string of the molecule is CC(C)(C)ON=O.O=C(O)O. The van der Waals surface area contributed by atoms with Gasteiger partial charge < -0.3 is 15.1 Å².